The normalized spacial score (nSPS) is 36.0. The first kappa shape index (κ1) is 11.7. The molecule has 1 N–H and O–H groups in total. The smallest absolute Gasteiger partial charge is 0.0226 e. The van der Waals surface area contributed by atoms with Gasteiger partial charge in [-0.1, -0.05) is 13.3 Å². The van der Waals surface area contributed by atoms with Crippen LogP contribution in [0.25, 0.3) is 0 Å². The predicted octanol–water partition coefficient (Wildman–Crippen LogP) is 3.28. The van der Waals surface area contributed by atoms with E-state index in [0.29, 0.717) is 0 Å². The fourth-order valence-corrected chi connectivity index (χ4v) is 3.80. The van der Waals surface area contributed by atoms with Gasteiger partial charge in [-0.15, -0.1) is 11.6 Å². The van der Waals surface area contributed by atoms with Crippen molar-refractivity contribution >= 4 is 11.6 Å². The van der Waals surface area contributed by atoms with Crippen molar-refractivity contribution in [3.8, 4) is 0 Å². The van der Waals surface area contributed by atoms with E-state index in [2.05, 4.69) is 12.2 Å². The van der Waals surface area contributed by atoms with Gasteiger partial charge in [0.15, 0.2) is 0 Å². The lowest BCUT2D eigenvalue weighted by Gasteiger charge is -2.22. The molecule has 2 aliphatic carbocycles. The first-order chi connectivity index (χ1) is 7.29. The van der Waals surface area contributed by atoms with Crippen LogP contribution >= 0.6 is 11.6 Å². The van der Waals surface area contributed by atoms with Crippen LogP contribution in [0.5, 0.6) is 0 Å². The van der Waals surface area contributed by atoms with Crippen molar-refractivity contribution < 1.29 is 0 Å². The number of halogens is 1. The molecule has 1 nitrogen and oxygen atoms in total. The zero-order valence-electron chi connectivity index (χ0n) is 9.84. The minimum Gasteiger partial charge on any atom is -0.316 e. The second-order valence-electron chi connectivity index (χ2n) is 5.68. The Bertz CT molecular complexity index is 195. The highest BCUT2D eigenvalue weighted by molar-refractivity contribution is 6.17. The van der Waals surface area contributed by atoms with Gasteiger partial charge in [-0.2, -0.15) is 0 Å². The predicted molar refractivity (Wildman–Crippen MR) is 66.3 cm³/mol. The van der Waals surface area contributed by atoms with E-state index in [0.717, 1.165) is 42.5 Å². The number of fused-ring (bicyclic) bond motifs is 2. The van der Waals surface area contributed by atoms with E-state index in [1.165, 1.54) is 32.2 Å². The molecule has 0 radical (unpaired) electrons. The second kappa shape index (κ2) is 5.54. The third-order valence-electron chi connectivity index (χ3n) is 4.39. The van der Waals surface area contributed by atoms with E-state index in [4.69, 9.17) is 11.6 Å². The Hall–Kier alpha value is 0.250. The van der Waals surface area contributed by atoms with Gasteiger partial charge in [-0.3, -0.25) is 0 Å². The monoisotopic (exact) mass is 229 g/mol. The van der Waals surface area contributed by atoms with Crippen molar-refractivity contribution in [3.63, 3.8) is 0 Å². The molecule has 2 rings (SSSR count). The molecule has 0 saturated heterocycles. The standard InChI is InChI=1S/C13H24ClN/c1-10(4-5-14)8-15-9-13-7-11-2-3-12(13)6-11/h10-13,15H,2-9H2,1H3. The quantitative estimate of drug-likeness (QED) is 0.690. The molecule has 2 aliphatic rings. The van der Waals surface area contributed by atoms with Crippen LogP contribution in [0.15, 0.2) is 0 Å². The number of hydrogen-bond donors (Lipinski definition) is 1. The van der Waals surface area contributed by atoms with Gasteiger partial charge in [0.1, 0.15) is 0 Å². The van der Waals surface area contributed by atoms with Crippen LogP contribution in [-0.4, -0.2) is 19.0 Å². The minimum absolute atomic E-state index is 0.737. The van der Waals surface area contributed by atoms with Crippen molar-refractivity contribution in [2.45, 2.75) is 39.0 Å². The van der Waals surface area contributed by atoms with Gasteiger partial charge >= 0.3 is 0 Å². The Kier molecular flexibility index (Phi) is 4.33. The van der Waals surface area contributed by atoms with Gasteiger partial charge < -0.3 is 5.32 Å². The Morgan fingerprint density at radius 3 is 2.80 bits per heavy atom. The van der Waals surface area contributed by atoms with E-state index < -0.39 is 0 Å². The summed E-state index contributed by atoms with van der Waals surface area (Å²) in [6, 6.07) is 0. The lowest BCUT2D eigenvalue weighted by atomic mass is 9.89. The zero-order valence-corrected chi connectivity index (χ0v) is 10.6. The summed E-state index contributed by atoms with van der Waals surface area (Å²) in [6.45, 7) is 4.70. The number of alkyl halides is 1. The molecular formula is C13H24ClN. The average molecular weight is 230 g/mol. The van der Waals surface area contributed by atoms with Crippen LogP contribution < -0.4 is 5.32 Å². The van der Waals surface area contributed by atoms with Gasteiger partial charge in [0.25, 0.3) is 0 Å². The van der Waals surface area contributed by atoms with E-state index in [1.54, 1.807) is 0 Å². The van der Waals surface area contributed by atoms with Gasteiger partial charge in [-0.05, 0) is 62.4 Å². The van der Waals surface area contributed by atoms with Crippen LogP contribution in [0.3, 0.4) is 0 Å². The van der Waals surface area contributed by atoms with Gasteiger partial charge in [-0.25, -0.2) is 0 Å². The molecular weight excluding hydrogens is 206 g/mol. The molecule has 4 atom stereocenters. The van der Waals surface area contributed by atoms with E-state index in [1.807, 2.05) is 0 Å². The largest absolute Gasteiger partial charge is 0.316 e. The maximum absolute atomic E-state index is 5.73. The van der Waals surface area contributed by atoms with Crippen LogP contribution in [0, 0.1) is 23.7 Å². The van der Waals surface area contributed by atoms with Crippen LogP contribution in [0.4, 0.5) is 0 Å². The third-order valence-corrected chi connectivity index (χ3v) is 4.60. The van der Waals surface area contributed by atoms with Gasteiger partial charge in [0.2, 0.25) is 0 Å². The number of nitrogens with one attached hydrogen (secondary N) is 1. The molecule has 0 amide bonds. The molecule has 0 aliphatic heterocycles. The Labute approximate surface area is 99.0 Å². The highest BCUT2D eigenvalue weighted by atomic mass is 35.5. The van der Waals surface area contributed by atoms with Crippen molar-refractivity contribution in [1.29, 1.82) is 0 Å². The molecule has 0 aromatic heterocycles. The number of rotatable bonds is 6. The molecule has 2 fully saturated rings. The summed E-state index contributed by atoms with van der Waals surface area (Å²) in [6.07, 6.45) is 7.20. The highest BCUT2D eigenvalue weighted by Gasteiger charge is 2.38. The molecule has 0 spiro atoms. The average Bonchev–Trinajstić information content (AvgIpc) is 2.79. The molecule has 15 heavy (non-hydrogen) atoms. The molecule has 4 unspecified atom stereocenters. The van der Waals surface area contributed by atoms with Crippen molar-refractivity contribution in [3.05, 3.63) is 0 Å². The summed E-state index contributed by atoms with van der Waals surface area (Å²) in [5.41, 5.74) is 0. The molecule has 0 aromatic rings. The Morgan fingerprint density at radius 2 is 2.20 bits per heavy atom. The van der Waals surface area contributed by atoms with Gasteiger partial charge in [0.05, 0.1) is 0 Å². The first-order valence-electron chi connectivity index (χ1n) is 6.56. The SMILES string of the molecule is CC(CCCl)CNCC1CC2CCC1C2. The van der Waals surface area contributed by atoms with E-state index in [-0.39, 0.29) is 0 Å². The Morgan fingerprint density at radius 1 is 1.33 bits per heavy atom. The number of hydrogen-bond acceptors (Lipinski definition) is 1. The fraction of sp³-hybridized carbons (Fsp3) is 1.00. The van der Waals surface area contributed by atoms with Crippen LogP contribution in [-0.2, 0) is 0 Å². The molecule has 2 heteroatoms. The molecule has 2 bridgehead atoms. The lowest BCUT2D eigenvalue weighted by Crippen LogP contribution is -2.29. The summed E-state index contributed by atoms with van der Waals surface area (Å²) in [5.74, 6) is 4.68. The fourth-order valence-electron chi connectivity index (χ4n) is 3.43. The van der Waals surface area contributed by atoms with Crippen LogP contribution in [0.2, 0.25) is 0 Å². The maximum atomic E-state index is 5.73. The molecule has 0 aromatic carbocycles. The zero-order chi connectivity index (χ0) is 10.7. The molecule has 0 heterocycles. The second-order valence-corrected chi connectivity index (χ2v) is 6.05. The minimum atomic E-state index is 0.737. The maximum Gasteiger partial charge on any atom is 0.0226 e. The van der Waals surface area contributed by atoms with Crippen molar-refractivity contribution in [2.24, 2.45) is 23.7 Å². The van der Waals surface area contributed by atoms with Gasteiger partial charge in [0, 0.05) is 5.88 Å². The van der Waals surface area contributed by atoms with E-state index >= 15 is 0 Å². The molecule has 88 valence electrons. The van der Waals surface area contributed by atoms with Crippen molar-refractivity contribution in [2.75, 3.05) is 19.0 Å². The van der Waals surface area contributed by atoms with Crippen LogP contribution in [0.1, 0.15) is 39.0 Å². The van der Waals surface area contributed by atoms with E-state index in [9.17, 15) is 0 Å². The first-order valence-corrected chi connectivity index (χ1v) is 7.09. The summed E-state index contributed by atoms with van der Waals surface area (Å²) in [4.78, 5) is 0. The van der Waals surface area contributed by atoms with Crippen molar-refractivity contribution in [1.82, 2.24) is 5.32 Å². The topological polar surface area (TPSA) is 12.0 Å². The summed E-state index contributed by atoms with van der Waals surface area (Å²) >= 11 is 5.73. The lowest BCUT2D eigenvalue weighted by molar-refractivity contribution is 0.312. The third kappa shape index (κ3) is 3.10. The summed E-state index contributed by atoms with van der Waals surface area (Å²) in [7, 11) is 0. The molecule has 2 saturated carbocycles. The Balaban J connectivity index is 1.58. The summed E-state index contributed by atoms with van der Waals surface area (Å²) in [5, 5.41) is 3.64. The summed E-state index contributed by atoms with van der Waals surface area (Å²) < 4.78 is 0. The highest BCUT2D eigenvalue weighted by Crippen LogP contribution is 2.47.